The third-order valence-electron chi connectivity index (χ3n) is 1.81. The van der Waals surface area contributed by atoms with Crippen molar-refractivity contribution in [1.29, 1.82) is 0 Å². The second-order valence-corrected chi connectivity index (χ2v) is 4.75. The van der Waals surface area contributed by atoms with E-state index in [0.29, 0.717) is 5.69 Å². The highest BCUT2D eigenvalue weighted by atomic mass is 128. The predicted molar refractivity (Wildman–Crippen MR) is 85.1 cm³/mol. The van der Waals surface area contributed by atoms with Crippen LogP contribution < -0.4 is 0 Å². The fraction of sp³-hybridized carbons (Fsp3) is 0.300. The van der Waals surface area contributed by atoms with Crippen molar-refractivity contribution in [3.63, 3.8) is 0 Å². The maximum atomic E-state index is 10.9. The molecule has 0 amide bonds. The first-order valence-corrected chi connectivity index (χ1v) is 12.5. The molecule has 17 heavy (non-hydrogen) atoms. The fourth-order valence-corrected chi connectivity index (χ4v) is 1.77. The summed E-state index contributed by atoms with van der Waals surface area (Å²) in [5, 5.41) is 0. The van der Waals surface area contributed by atoms with Crippen molar-refractivity contribution in [2.24, 2.45) is 0 Å². The molecule has 1 unspecified atom stereocenters. The van der Waals surface area contributed by atoms with Crippen LogP contribution in [0.25, 0.3) is 4.85 Å². The number of nitrogens with zero attached hydrogens (tertiary/aromatic N) is 1. The van der Waals surface area contributed by atoms with E-state index >= 15 is 0 Å². The lowest BCUT2D eigenvalue weighted by Crippen LogP contribution is -2.07. The molecule has 0 aliphatic rings. The summed E-state index contributed by atoms with van der Waals surface area (Å²) in [5.41, 5.74) is 1.25. The van der Waals surface area contributed by atoms with E-state index in [1.165, 1.54) is 0 Å². The summed E-state index contributed by atoms with van der Waals surface area (Å²) in [4.78, 5) is 3.24. The van der Waals surface area contributed by atoms with Gasteiger partial charge in [0.15, 0.2) is 5.69 Å². The van der Waals surface area contributed by atoms with Crippen LogP contribution in [0.1, 0.15) is 18.6 Å². The average Bonchev–Trinajstić information content (AvgIpc) is 2.29. The summed E-state index contributed by atoms with van der Waals surface area (Å²) in [7, 11) is -3.45. The Morgan fingerprint density at radius 2 is 1.76 bits per heavy atom. The van der Waals surface area contributed by atoms with Gasteiger partial charge in [-0.15, -0.1) is 0 Å². The summed E-state index contributed by atoms with van der Waals surface area (Å²) in [6, 6.07) is 6.63. The summed E-state index contributed by atoms with van der Waals surface area (Å²) in [6.45, 7) is 8.41. The van der Waals surface area contributed by atoms with Crippen molar-refractivity contribution in [2.75, 3.05) is 6.26 Å². The highest BCUT2D eigenvalue weighted by molar-refractivity contribution is 15.0. The maximum absolute atomic E-state index is 10.9. The Morgan fingerprint density at radius 1 is 1.29 bits per heavy atom. The Labute approximate surface area is 125 Å². The molecule has 0 fully saturated rings. The van der Waals surface area contributed by atoms with Crippen LogP contribution in [0, 0.1) is 6.57 Å². The molecule has 0 radical (unpaired) electrons. The largest absolute Gasteiger partial charge is 0.264 e. The van der Waals surface area contributed by atoms with E-state index in [-0.39, 0.29) is 0 Å². The minimum absolute atomic E-state index is 0.519. The van der Waals surface area contributed by atoms with Gasteiger partial charge in [0.25, 0.3) is 10.1 Å². The molecular weight excluding hydrogens is 468 g/mol. The molecule has 0 heterocycles. The highest BCUT2D eigenvalue weighted by Crippen LogP contribution is 2.21. The first-order chi connectivity index (χ1) is 7.92. The normalized spacial score (nSPS) is 11.9. The lowest BCUT2D eigenvalue weighted by molar-refractivity contribution is 0.237. The average molecular weight is 479 g/mol. The Bertz CT molecular complexity index is 479. The van der Waals surface area contributed by atoms with Gasteiger partial charge in [0.2, 0.25) is 0 Å². The van der Waals surface area contributed by atoms with Gasteiger partial charge in [-0.05, 0) is 12.5 Å². The Kier molecular flexibility index (Phi) is 8.27. The number of hydrogen-bond acceptors (Lipinski definition) is 3. The molecule has 0 spiro atoms. The van der Waals surface area contributed by atoms with Crippen molar-refractivity contribution in [2.45, 2.75) is 13.0 Å². The minimum Gasteiger partial charge on any atom is -0.262 e. The summed E-state index contributed by atoms with van der Waals surface area (Å²) < 4.78 is 26.5. The predicted octanol–water partition coefficient (Wildman–Crippen LogP) is 4.05. The molecule has 0 bridgehead atoms. The zero-order valence-corrected chi connectivity index (χ0v) is 14.4. The number of halogens is 2. The van der Waals surface area contributed by atoms with Gasteiger partial charge in [-0.3, -0.25) is 4.18 Å². The van der Waals surface area contributed by atoms with Gasteiger partial charge in [-0.25, -0.2) is 4.85 Å². The molecule has 4 nitrogen and oxygen atoms in total. The molecule has 1 aromatic carbocycles. The van der Waals surface area contributed by atoms with Gasteiger partial charge >= 0.3 is 0 Å². The van der Waals surface area contributed by atoms with E-state index in [0.717, 1.165) is 11.8 Å². The lowest BCUT2D eigenvalue weighted by atomic mass is 10.1. The Morgan fingerprint density at radius 3 is 2.12 bits per heavy atom. The molecule has 0 saturated heterocycles. The van der Waals surface area contributed by atoms with E-state index in [1.807, 2.05) is 0 Å². The van der Waals surface area contributed by atoms with Crippen molar-refractivity contribution < 1.29 is 12.6 Å². The molecule has 0 aliphatic carbocycles. The van der Waals surface area contributed by atoms with Gasteiger partial charge in [0, 0.05) is 37.2 Å². The van der Waals surface area contributed by atoms with E-state index < -0.39 is 16.2 Å². The first kappa shape index (κ1) is 17.1. The molecule has 1 aromatic rings. The first-order valence-electron chi connectivity index (χ1n) is 4.42. The van der Waals surface area contributed by atoms with Gasteiger partial charge < -0.3 is 0 Å². The van der Waals surface area contributed by atoms with Crippen LogP contribution >= 0.6 is 37.2 Å². The molecule has 0 N–H and O–H groups in total. The second-order valence-electron chi connectivity index (χ2n) is 3.15. The van der Waals surface area contributed by atoms with Crippen molar-refractivity contribution in [3.05, 3.63) is 41.2 Å². The van der Waals surface area contributed by atoms with Gasteiger partial charge in [0.05, 0.1) is 18.9 Å². The van der Waals surface area contributed by atoms with E-state index in [9.17, 15) is 8.42 Å². The molecule has 94 valence electrons. The third-order valence-corrected chi connectivity index (χ3v) is 2.45. The molecule has 0 aromatic heterocycles. The fourth-order valence-electron chi connectivity index (χ4n) is 1.14. The Balaban J connectivity index is 0.00000121. The van der Waals surface area contributed by atoms with Crippen LogP contribution in [-0.4, -0.2) is 14.7 Å². The van der Waals surface area contributed by atoms with Crippen LogP contribution in [0.4, 0.5) is 5.69 Å². The topological polar surface area (TPSA) is 47.7 Å². The van der Waals surface area contributed by atoms with Gasteiger partial charge in [-0.1, -0.05) is 24.3 Å². The van der Waals surface area contributed by atoms with E-state index in [1.54, 1.807) is 31.2 Å². The van der Waals surface area contributed by atoms with E-state index in [2.05, 4.69) is 42.1 Å². The molecule has 1 atom stereocenters. The zero-order chi connectivity index (χ0) is 13.5. The van der Waals surface area contributed by atoms with Crippen LogP contribution in [0.2, 0.25) is 0 Å². The summed E-state index contributed by atoms with van der Waals surface area (Å²) in [6.07, 6.45) is 0.483. The summed E-state index contributed by atoms with van der Waals surface area (Å²) >= 11 is 4.24. The smallest absolute Gasteiger partial charge is 0.262 e. The molecule has 1 rings (SSSR count). The van der Waals surface area contributed by atoms with Crippen LogP contribution in [-0.2, 0) is 14.3 Å². The third kappa shape index (κ3) is 7.17. The number of rotatable bonds is 3. The monoisotopic (exact) mass is 479 g/mol. The van der Waals surface area contributed by atoms with Crippen LogP contribution in [0.15, 0.2) is 24.3 Å². The van der Waals surface area contributed by atoms with Crippen molar-refractivity contribution in [3.8, 4) is 0 Å². The molecule has 0 aliphatic heterocycles. The van der Waals surface area contributed by atoms with E-state index in [4.69, 9.17) is 10.8 Å². The van der Waals surface area contributed by atoms with Crippen molar-refractivity contribution >= 4 is 53.0 Å². The SMILES string of the molecule is II.[C-]#[N+]c1ccc(C(C)OS(C)(=O)=O)cc1. The second kappa shape index (κ2) is 8.23. The number of hydrogen-bond donors (Lipinski definition) is 0. The highest BCUT2D eigenvalue weighted by Gasteiger charge is 2.11. The standard InChI is InChI=1S/C10H11NO3S.I2/c1-8(14-15(3,12)13)9-4-6-10(11-2)7-5-9;1-2/h4-8H,1,3H3;. The minimum atomic E-state index is -3.45. The molecule has 0 saturated carbocycles. The summed E-state index contributed by atoms with van der Waals surface area (Å²) in [5.74, 6) is 0. The van der Waals surface area contributed by atoms with Gasteiger partial charge in [0.1, 0.15) is 0 Å². The Hall–Kier alpha value is 0.0800. The zero-order valence-electron chi connectivity index (χ0n) is 9.22. The quantitative estimate of drug-likeness (QED) is 0.374. The molecule has 7 heteroatoms. The number of benzene rings is 1. The van der Waals surface area contributed by atoms with Crippen molar-refractivity contribution in [1.82, 2.24) is 0 Å². The maximum Gasteiger partial charge on any atom is 0.264 e. The molecular formula is C10H11I2NO3S. The van der Waals surface area contributed by atoms with Crippen LogP contribution in [0.5, 0.6) is 0 Å². The lowest BCUT2D eigenvalue weighted by Gasteiger charge is -2.10. The van der Waals surface area contributed by atoms with Gasteiger partial charge in [-0.2, -0.15) is 8.42 Å². The van der Waals surface area contributed by atoms with Crippen LogP contribution in [0.3, 0.4) is 0 Å².